The zero-order valence-electron chi connectivity index (χ0n) is 18.9. The first-order valence-corrected chi connectivity index (χ1v) is 12.2. The molecule has 174 valence electrons. The number of hydrogen-bond acceptors (Lipinski definition) is 6. The lowest BCUT2D eigenvalue weighted by molar-refractivity contribution is -0.132. The van der Waals surface area contributed by atoms with Crippen LogP contribution in [0.1, 0.15) is 18.3 Å². The Morgan fingerprint density at radius 1 is 1.06 bits per heavy atom. The molecule has 1 aromatic heterocycles. The van der Waals surface area contributed by atoms with E-state index in [1.807, 2.05) is 41.6 Å². The summed E-state index contributed by atoms with van der Waals surface area (Å²) in [6, 6.07) is 17.6. The number of thioether (sulfide) groups is 1. The number of halogens is 1. The summed E-state index contributed by atoms with van der Waals surface area (Å²) in [7, 11) is 1.89. The number of nitrogens with zero attached hydrogens (tertiary/aromatic N) is 5. The molecule has 0 radical (unpaired) electrons. The van der Waals surface area contributed by atoms with Gasteiger partial charge < -0.3 is 14.2 Å². The van der Waals surface area contributed by atoms with E-state index in [9.17, 15) is 4.79 Å². The van der Waals surface area contributed by atoms with E-state index in [4.69, 9.17) is 16.3 Å². The first-order valence-electron chi connectivity index (χ1n) is 11.0. The van der Waals surface area contributed by atoms with Gasteiger partial charge in [-0.2, -0.15) is 0 Å². The minimum absolute atomic E-state index is 0.140. The number of carbonyl (C=O) groups excluding carboxylic acids is 1. The van der Waals surface area contributed by atoms with Crippen LogP contribution in [-0.2, 0) is 25.0 Å². The van der Waals surface area contributed by atoms with Crippen molar-refractivity contribution >= 4 is 29.3 Å². The van der Waals surface area contributed by atoms with Crippen molar-refractivity contribution in [3.8, 4) is 5.75 Å². The highest BCUT2D eigenvalue weighted by Gasteiger charge is 2.27. The molecule has 0 bridgehead atoms. The number of rotatable bonds is 8. The lowest BCUT2D eigenvalue weighted by Gasteiger charge is -2.35. The molecule has 1 aliphatic heterocycles. The van der Waals surface area contributed by atoms with E-state index in [0.29, 0.717) is 21.8 Å². The molecule has 1 unspecified atom stereocenters. The quantitative estimate of drug-likeness (QED) is 0.451. The molecule has 0 spiro atoms. The average Bonchev–Trinajstić information content (AvgIpc) is 3.18. The van der Waals surface area contributed by atoms with Gasteiger partial charge in [0.1, 0.15) is 12.4 Å². The lowest BCUT2D eigenvalue weighted by Crippen LogP contribution is -2.50. The predicted octanol–water partition coefficient (Wildman–Crippen LogP) is 3.87. The Bertz CT molecular complexity index is 1050. The second kappa shape index (κ2) is 11.0. The molecule has 0 N–H and O–H groups in total. The highest BCUT2D eigenvalue weighted by atomic mass is 35.5. The fraction of sp³-hybridized carbons (Fsp3) is 0.375. The molecule has 0 aliphatic carbocycles. The van der Waals surface area contributed by atoms with Crippen LogP contribution in [0.3, 0.4) is 0 Å². The van der Waals surface area contributed by atoms with Crippen LogP contribution < -0.4 is 4.74 Å². The van der Waals surface area contributed by atoms with Gasteiger partial charge in [0.15, 0.2) is 11.0 Å². The normalized spacial score (nSPS) is 15.4. The second-order valence-corrected chi connectivity index (χ2v) is 9.79. The maximum atomic E-state index is 13.0. The van der Waals surface area contributed by atoms with Gasteiger partial charge in [0, 0.05) is 44.8 Å². The smallest absolute Gasteiger partial charge is 0.235 e. The topological polar surface area (TPSA) is 63.5 Å². The van der Waals surface area contributed by atoms with Crippen molar-refractivity contribution in [2.75, 3.05) is 26.2 Å². The first kappa shape index (κ1) is 23.6. The second-order valence-electron chi connectivity index (χ2n) is 8.05. The Morgan fingerprint density at radius 3 is 2.45 bits per heavy atom. The molecular formula is C24H28ClN5O2S. The fourth-order valence-corrected chi connectivity index (χ4v) is 4.73. The van der Waals surface area contributed by atoms with Crippen molar-refractivity contribution < 1.29 is 9.53 Å². The van der Waals surface area contributed by atoms with Crippen molar-refractivity contribution in [3.63, 3.8) is 0 Å². The Balaban J connectivity index is 1.26. The van der Waals surface area contributed by atoms with Gasteiger partial charge in [0.25, 0.3) is 0 Å². The van der Waals surface area contributed by atoms with E-state index in [1.165, 1.54) is 17.3 Å². The van der Waals surface area contributed by atoms with Crippen LogP contribution in [0.15, 0.2) is 59.8 Å². The summed E-state index contributed by atoms with van der Waals surface area (Å²) < 4.78 is 7.65. The van der Waals surface area contributed by atoms with Gasteiger partial charge in [0.05, 0.1) is 5.25 Å². The molecule has 33 heavy (non-hydrogen) atoms. The fourth-order valence-electron chi connectivity index (χ4n) is 3.69. The number of ether oxygens (including phenoxy) is 1. The summed E-state index contributed by atoms with van der Waals surface area (Å²) in [5, 5.41) is 9.62. The number of carbonyl (C=O) groups is 1. The first-order chi connectivity index (χ1) is 16.0. The number of amides is 1. The maximum Gasteiger partial charge on any atom is 0.235 e. The van der Waals surface area contributed by atoms with Gasteiger partial charge in [0.2, 0.25) is 5.91 Å². The molecule has 1 fully saturated rings. The predicted molar refractivity (Wildman–Crippen MR) is 130 cm³/mol. The summed E-state index contributed by atoms with van der Waals surface area (Å²) in [4.78, 5) is 17.4. The third kappa shape index (κ3) is 6.28. The molecule has 0 saturated carbocycles. The molecule has 2 aromatic carbocycles. The van der Waals surface area contributed by atoms with Crippen LogP contribution in [0.4, 0.5) is 0 Å². The van der Waals surface area contributed by atoms with E-state index < -0.39 is 0 Å². The van der Waals surface area contributed by atoms with Gasteiger partial charge in [-0.3, -0.25) is 9.69 Å². The van der Waals surface area contributed by atoms with Crippen molar-refractivity contribution in [2.24, 2.45) is 7.05 Å². The standard InChI is InChI=1S/C24H28ClN5O2S/c1-18(23(31)30-14-12-29(13-15-30)16-19-6-4-3-5-7-19)33-24-27-26-22(28(24)2)17-32-21-10-8-20(25)9-11-21/h3-11,18H,12-17H2,1-2H3. The Hall–Kier alpha value is -2.55. The van der Waals surface area contributed by atoms with Gasteiger partial charge in [-0.1, -0.05) is 53.7 Å². The van der Waals surface area contributed by atoms with E-state index in [0.717, 1.165) is 32.7 Å². The van der Waals surface area contributed by atoms with Crippen LogP contribution in [0.25, 0.3) is 0 Å². The van der Waals surface area contributed by atoms with Crippen LogP contribution in [0, 0.1) is 0 Å². The zero-order valence-corrected chi connectivity index (χ0v) is 20.4. The van der Waals surface area contributed by atoms with E-state index in [1.54, 1.807) is 12.1 Å². The molecule has 3 aromatic rings. The monoisotopic (exact) mass is 485 g/mol. The molecule has 1 amide bonds. The number of hydrogen-bond donors (Lipinski definition) is 0. The Kier molecular flexibility index (Phi) is 7.90. The van der Waals surface area contributed by atoms with E-state index in [-0.39, 0.29) is 17.8 Å². The largest absolute Gasteiger partial charge is 0.486 e. The van der Waals surface area contributed by atoms with Crippen molar-refractivity contribution in [3.05, 3.63) is 71.0 Å². The lowest BCUT2D eigenvalue weighted by atomic mass is 10.2. The highest BCUT2D eigenvalue weighted by molar-refractivity contribution is 8.00. The Labute approximate surface area is 203 Å². The minimum atomic E-state index is -0.237. The highest BCUT2D eigenvalue weighted by Crippen LogP contribution is 2.24. The molecular weight excluding hydrogens is 458 g/mol. The van der Waals surface area contributed by atoms with Crippen molar-refractivity contribution in [2.45, 2.75) is 30.5 Å². The van der Waals surface area contributed by atoms with Gasteiger partial charge in [-0.15, -0.1) is 10.2 Å². The Morgan fingerprint density at radius 2 is 1.76 bits per heavy atom. The third-order valence-electron chi connectivity index (χ3n) is 5.67. The average molecular weight is 486 g/mol. The van der Waals surface area contributed by atoms with Crippen molar-refractivity contribution in [1.29, 1.82) is 0 Å². The molecule has 4 rings (SSSR count). The molecule has 9 heteroatoms. The molecule has 1 atom stereocenters. The molecule has 7 nitrogen and oxygen atoms in total. The SMILES string of the molecule is CC(Sc1nnc(COc2ccc(Cl)cc2)n1C)C(=O)N1CCN(Cc2ccccc2)CC1. The number of benzene rings is 2. The summed E-state index contributed by atoms with van der Waals surface area (Å²) in [6.07, 6.45) is 0. The third-order valence-corrected chi connectivity index (χ3v) is 7.04. The maximum absolute atomic E-state index is 13.0. The number of aromatic nitrogens is 3. The zero-order chi connectivity index (χ0) is 23.2. The van der Waals surface area contributed by atoms with Crippen LogP contribution in [0.2, 0.25) is 5.02 Å². The van der Waals surface area contributed by atoms with Crippen LogP contribution >= 0.6 is 23.4 Å². The van der Waals surface area contributed by atoms with E-state index in [2.05, 4.69) is 39.4 Å². The summed E-state index contributed by atoms with van der Waals surface area (Å²) >= 11 is 7.34. The van der Waals surface area contributed by atoms with Gasteiger partial charge in [-0.05, 0) is 36.8 Å². The van der Waals surface area contributed by atoms with E-state index >= 15 is 0 Å². The summed E-state index contributed by atoms with van der Waals surface area (Å²) in [5.74, 6) is 1.55. The van der Waals surface area contributed by atoms with Crippen LogP contribution in [-0.4, -0.2) is 61.9 Å². The summed E-state index contributed by atoms with van der Waals surface area (Å²) in [5.41, 5.74) is 1.30. The molecule has 1 saturated heterocycles. The van der Waals surface area contributed by atoms with Crippen LogP contribution in [0.5, 0.6) is 5.75 Å². The molecule has 1 aliphatic rings. The van der Waals surface area contributed by atoms with Gasteiger partial charge in [-0.25, -0.2) is 0 Å². The number of piperazine rings is 1. The molecule has 2 heterocycles. The van der Waals surface area contributed by atoms with Crippen molar-refractivity contribution in [1.82, 2.24) is 24.6 Å². The minimum Gasteiger partial charge on any atom is -0.486 e. The van der Waals surface area contributed by atoms with Gasteiger partial charge >= 0.3 is 0 Å². The summed E-state index contributed by atoms with van der Waals surface area (Å²) in [6.45, 7) is 6.40.